The van der Waals surface area contributed by atoms with Crippen molar-refractivity contribution in [3.8, 4) is 17.6 Å². The van der Waals surface area contributed by atoms with E-state index in [2.05, 4.69) is 11.1 Å². The van der Waals surface area contributed by atoms with Crippen LogP contribution in [0, 0.1) is 28.4 Å². The van der Waals surface area contributed by atoms with Crippen molar-refractivity contribution in [1.82, 2.24) is 4.98 Å². The molecule has 0 fully saturated rings. The van der Waals surface area contributed by atoms with Crippen LogP contribution in [0.4, 0.5) is 5.69 Å². The van der Waals surface area contributed by atoms with Crippen molar-refractivity contribution in [2.45, 2.75) is 13.8 Å². The Morgan fingerprint density at radius 1 is 1.54 bits per heavy atom. The Labute approximate surface area is 142 Å². The number of hydrogen-bond donors (Lipinski definition) is 0. The van der Waals surface area contributed by atoms with E-state index in [4.69, 9.17) is 9.47 Å². The number of aryl methyl sites for hydroxylation is 1. The molecule has 0 bridgehead atoms. The summed E-state index contributed by atoms with van der Waals surface area (Å²) in [6, 6.07) is 5.02. The molecule has 0 N–H and O–H groups in total. The van der Waals surface area contributed by atoms with E-state index in [9.17, 15) is 15.4 Å². The Balaban J connectivity index is 2.58. The Bertz CT molecular complexity index is 836. The summed E-state index contributed by atoms with van der Waals surface area (Å²) in [5.74, 6) is 0.315. The number of nitriles is 1. The van der Waals surface area contributed by atoms with Gasteiger partial charge in [-0.1, -0.05) is 0 Å². The van der Waals surface area contributed by atoms with E-state index in [1.165, 1.54) is 24.5 Å². The minimum absolute atomic E-state index is 0.0748. The number of rotatable bonds is 6. The molecule has 0 radical (unpaired) electrons. The standard InChI is InChI=1S/C16H15N3O4S/c1-4-23-15-13(19(20)21)6-11(7-14(15)22-3)5-12(8-17)16-18-10(2)9-24-16/h5-7,9H,4H2,1-3H3/b12-5-. The third kappa shape index (κ3) is 3.70. The SMILES string of the molecule is CCOc1c(OC)cc(/C=C(/C#N)c2nc(C)cs2)cc1[N+](=O)[O-]. The predicted molar refractivity (Wildman–Crippen MR) is 91.2 cm³/mol. The van der Waals surface area contributed by atoms with Crippen molar-refractivity contribution >= 4 is 28.7 Å². The fraction of sp³-hybridized carbons (Fsp3) is 0.250. The number of hydrogen-bond acceptors (Lipinski definition) is 7. The van der Waals surface area contributed by atoms with Crippen LogP contribution in [-0.2, 0) is 0 Å². The summed E-state index contributed by atoms with van der Waals surface area (Å²) in [7, 11) is 1.41. The van der Waals surface area contributed by atoms with Gasteiger partial charge >= 0.3 is 5.69 Å². The van der Waals surface area contributed by atoms with Crippen molar-refractivity contribution in [2.24, 2.45) is 0 Å². The minimum Gasteiger partial charge on any atom is -0.493 e. The van der Waals surface area contributed by atoms with Gasteiger partial charge in [0.1, 0.15) is 11.1 Å². The summed E-state index contributed by atoms with van der Waals surface area (Å²) < 4.78 is 10.5. The molecule has 0 amide bonds. The van der Waals surface area contributed by atoms with E-state index in [1.54, 1.807) is 19.1 Å². The summed E-state index contributed by atoms with van der Waals surface area (Å²) in [6.45, 7) is 3.84. The molecular formula is C16H15N3O4S. The monoisotopic (exact) mass is 345 g/mol. The van der Waals surface area contributed by atoms with Crippen molar-refractivity contribution < 1.29 is 14.4 Å². The average molecular weight is 345 g/mol. The summed E-state index contributed by atoms with van der Waals surface area (Å²) in [5, 5.41) is 23.1. The maximum atomic E-state index is 11.3. The zero-order valence-corrected chi connectivity index (χ0v) is 14.2. The van der Waals surface area contributed by atoms with Crippen LogP contribution >= 0.6 is 11.3 Å². The van der Waals surface area contributed by atoms with Crippen LogP contribution in [0.25, 0.3) is 11.6 Å². The lowest BCUT2D eigenvalue weighted by atomic mass is 10.1. The van der Waals surface area contributed by atoms with Crippen molar-refractivity contribution in [3.63, 3.8) is 0 Å². The predicted octanol–water partition coefficient (Wildman–Crippen LogP) is 3.83. The van der Waals surface area contributed by atoms with Crippen LogP contribution in [0.1, 0.15) is 23.2 Å². The molecule has 0 saturated carbocycles. The number of aromatic nitrogens is 1. The molecule has 124 valence electrons. The molecule has 24 heavy (non-hydrogen) atoms. The first-order valence-electron chi connectivity index (χ1n) is 7.03. The smallest absolute Gasteiger partial charge is 0.315 e. The van der Waals surface area contributed by atoms with Gasteiger partial charge < -0.3 is 9.47 Å². The van der Waals surface area contributed by atoms with Crippen LogP contribution in [-0.4, -0.2) is 23.6 Å². The topological polar surface area (TPSA) is 98.3 Å². The summed E-state index contributed by atoms with van der Waals surface area (Å²) in [5.41, 5.74) is 1.39. The van der Waals surface area contributed by atoms with Gasteiger partial charge in [-0.2, -0.15) is 5.26 Å². The third-order valence-corrected chi connectivity index (χ3v) is 4.04. The third-order valence-electron chi connectivity index (χ3n) is 3.04. The number of nitro benzene ring substituents is 1. The molecule has 0 unspecified atom stereocenters. The molecule has 7 nitrogen and oxygen atoms in total. The first-order chi connectivity index (χ1) is 11.5. The van der Waals surface area contributed by atoms with Crippen LogP contribution in [0.3, 0.4) is 0 Å². The largest absolute Gasteiger partial charge is 0.493 e. The van der Waals surface area contributed by atoms with Crippen LogP contribution < -0.4 is 9.47 Å². The van der Waals surface area contributed by atoms with Gasteiger partial charge in [-0.3, -0.25) is 10.1 Å². The molecule has 0 spiro atoms. The average Bonchev–Trinajstić information content (AvgIpc) is 2.99. The minimum atomic E-state index is -0.537. The normalized spacial score (nSPS) is 11.0. The number of ether oxygens (including phenoxy) is 2. The molecular weight excluding hydrogens is 330 g/mol. The Kier molecular flexibility index (Phi) is 5.50. The van der Waals surface area contributed by atoms with E-state index >= 15 is 0 Å². The Morgan fingerprint density at radius 3 is 2.79 bits per heavy atom. The maximum Gasteiger partial charge on any atom is 0.315 e. The van der Waals surface area contributed by atoms with E-state index in [0.29, 0.717) is 16.1 Å². The van der Waals surface area contributed by atoms with Crippen LogP contribution in [0.5, 0.6) is 11.5 Å². The maximum absolute atomic E-state index is 11.3. The Morgan fingerprint density at radius 2 is 2.29 bits per heavy atom. The van der Waals surface area contributed by atoms with Crippen LogP contribution in [0.2, 0.25) is 0 Å². The number of allylic oxidation sites excluding steroid dienone is 1. The zero-order valence-electron chi connectivity index (χ0n) is 13.4. The van der Waals surface area contributed by atoms with Crippen molar-refractivity contribution in [1.29, 1.82) is 5.26 Å². The second-order valence-corrected chi connectivity index (χ2v) is 5.58. The lowest BCUT2D eigenvalue weighted by Gasteiger charge is -2.10. The lowest BCUT2D eigenvalue weighted by Crippen LogP contribution is -2.01. The molecule has 1 aromatic heterocycles. The highest BCUT2D eigenvalue weighted by atomic mass is 32.1. The number of nitro groups is 1. The van der Waals surface area contributed by atoms with Gasteiger partial charge in [-0.15, -0.1) is 11.3 Å². The van der Waals surface area contributed by atoms with E-state index in [-0.39, 0.29) is 23.8 Å². The van der Waals surface area contributed by atoms with Gasteiger partial charge in [0.05, 0.1) is 24.2 Å². The first kappa shape index (κ1) is 17.4. The second kappa shape index (κ2) is 7.57. The fourth-order valence-electron chi connectivity index (χ4n) is 2.05. The van der Waals surface area contributed by atoms with Crippen LogP contribution in [0.15, 0.2) is 17.5 Å². The molecule has 1 aromatic carbocycles. The number of nitrogens with zero attached hydrogens (tertiary/aromatic N) is 3. The van der Waals surface area contributed by atoms with Crippen molar-refractivity contribution in [3.05, 3.63) is 43.9 Å². The highest BCUT2D eigenvalue weighted by Crippen LogP contribution is 2.39. The summed E-state index contributed by atoms with van der Waals surface area (Å²) in [4.78, 5) is 15.0. The van der Waals surface area contributed by atoms with Gasteiger partial charge in [-0.05, 0) is 31.6 Å². The number of methoxy groups -OCH3 is 1. The second-order valence-electron chi connectivity index (χ2n) is 4.73. The highest BCUT2D eigenvalue weighted by Gasteiger charge is 2.22. The first-order valence-corrected chi connectivity index (χ1v) is 7.91. The van der Waals surface area contributed by atoms with E-state index in [1.807, 2.05) is 12.3 Å². The molecule has 0 aliphatic heterocycles. The lowest BCUT2D eigenvalue weighted by molar-refractivity contribution is -0.385. The highest BCUT2D eigenvalue weighted by molar-refractivity contribution is 7.11. The van der Waals surface area contributed by atoms with Crippen molar-refractivity contribution in [2.75, 3.05) is 13.7 Å². The molecule has 0 saturated heterocycles. The van der Waals surface area contributed by atoms with Gasteiger partial charge in [-0.25, -0.2) is 4.98 Å². The number of benzene rings is 1. The number of thiazole rings is 1. The molecule has 8 heteroatoms. The molecule has 0 aliphatic rings. The quantitative estimate of drug-likeness (QED) is 0.448. The fourth-order valence-corrected chi connectivity index (χ4v) is 2.82. The van der Waals surface area contributed by atoms with Gasteiger partial charge in [0.2, 0.25) is 5.75 Å². The molecule has 2 aromatic rings. The zero-order chi connectivity index (χ0) is 17.7. The van der Waals surface area contributed by atoms with Gasteiger partial charge in [0.15, 0.2) is 5.75 Å². The van der Waals surface area contributed by atoms with Gasteiger partial charge in [0, 0.05) is 17.1 Å². The molecule has 1 heterocycles. The molecule has 0 atom stereocenters. The van der Waals surface area contributed by atoms with E-state index in [0.717, 1.165) is 5.69 Å². The van der Waals surface area contributed by atoms with E-state index < -0.39 is 4.92 Å². The molecule has 0 aliphatic carbocycles. The summed E-state index contributed by atoms with van der Waals surface area (Å²) in [6.07, 6.45) is 1.55. The Hall–Kier alpha value is -2.92. The van der Waals surface area contributed by atoms with Gasteiger partial charge in [0.25, 0.3) is 0 Å². The molecule has 2 rings (SSSR count). The summed E-state index contributed by atoms with van der Waals surface area (Å²) >= 11 is 1.34.